The molecule has 0 aliphatic carbocycles. The number of para-hydroxylation sites is 1. The Labute approximate surface area is 217 Å². The second kappa shape index (κ2) is 10.6. The second-order valence-electron chi connectivity index (χ2n) is 9.09. The van der Waals surface area contributed by atoms with Gasteiger partial charge in [0.1, 0.15) is 5.75 Å². The molecule has 184 valence electrons. The first-order valence-electron chi connectivity index (χ1n) is 12.5. The lowest BCUT2D eigenvalue weighted by Gasteiger charge is -2.13. The van der Waals surface area contributed by atoms with Crippen LogP contribution in [0, 0.1) is 13.8 Å². The Morgan fingerprint density at radius 3 is 2.05 bits per heavy atom. The van der Waals surface area contributed by atoms with Gasteiger partial charge in [0.05, 0.1) is 29.0 Å². The van der Waals surface area contributed by atoms with E-state index in [4.69, 9.17) is 14.7 Å². The molecule has 1 aromatic heterocycles. The molecule has 37 heavy (non-hydrogen) atoms. The summed E-state index contributed by atoms with van der Waals surface area (Å²) < 4.78 is 5.68. The van der Waals surface area contributed by atoms with Gasteiger partial charge < -0.3 is 10.1 Å². The number of carbonyl (C=O) groups is 1. The van der Waals surface area contributed by atoms with Crippen LogP contribution in [-0.2, 0) is 6.54 Å². The molecule has 5 nitrogen and oxygen atoms in total. The fraction of sp³-hybridized carbons (Fsp3) is 0.156. The van der Waals surface area contributed by atoms with E-state index in [0.717, 1.165) is 50.5 Å². The number of hydrogen-bond donors (Lipinski definition) is 1. The van der Waals surface area contributed by atoms with Crippen LogP contribution >= 0.6 is 0 Å². The molecule has 0 spiro atoms. The number of rotatable bonds is 7. The Hall–Kier alpha value is -4.51. The highest BCUT2D eigenvalue weighted by Gasteiger charge is 2.16. The molecule has 0 atom stereocenters. The van der Waals surface area contributed by atoms with Crippen LogP contribution in [0.15, 0.2) is 91.0 Å². The third-order valence-corrected chi connectivity index (χ3v) is 6.22. The van der Waals surface area contributed by atoms with E-state index >= 15 is 0 Å². The fourth-order valence-electron chi connectivity index (χ4n) is 4.41. The van der Waals surface area contributed by atoms with Crippen molar-refractivity contribution in [1.82, 2.24) is 15.3 Å². The molecule has 5 rings (SSSR count). The van der Waals surface area contributed by atoms with Crippen molar-refractivity contribution < 1.29 is 9.53 Å². The van der Waals surface area contributed by atoms with Crippen LogP contribution in [0.4, 0.5) is 0 Å². The first kappa shape index (κ1) is 24.2. The lowest BCUT2D eigenvalue weighted by molar-refractivity contribution is 0.0950. The molecule has 0 bridgehead atoms. The van der Waals surface area contributed by atoms with Crippen molar-refractivity contribution in [3.8, 4) is 28.3 Å². The fourth-order valence-corrected chi connectivity index (χ4v) is 4.41. The smallest absolute Gasteiger partial charge is 0.251 e. The van der Waals surface area contributed by atoms with E-state index in [2.05, 4.69) is 55.6 Å². The SMILES string of the molecule is CCOc1ccccc1CNC(=O)c1ccc2nc(-c3cccc(C)c3)c(-c3cccc(C)c3)nc2c1. The highest BCUT2D eigenvalue weighted by Crippen LogP contribution is 2.32. The minimum Gasteiger partial charge on any atom is -0.494 e. The molecule has 0 saturated heterocycles. The highest BCUT2D eigenvalue weighted by molar-refractivity contribution is 5.98. The zero-order valence-corrected chi connectivity index (χ0v) is 21.3. The Morgan fingerprint density at radius 2 is 1.41 bits per heavy atom. The number of nitrogens with zero attached hydrogens (tertiary/aromatic N) is 2. The van der Waals surface area contributed by atoms with Crippen molar-refractivity contribution >= 4 is 16.9 Å². The van der Waals surface area contributed by atoms with Gasteiger partial charge in [0.2, 0.25) is 0 Å². The molecule has 0 saturated carbocycles. The van der Waals surface area contributed by atoms with Gasteiger partial charge >= 0.3 is 0 Å². The Bertz CT molecular complexity index is 1590. The molecule has 1 N–H and O–H groups in total. The summed E-state index contributed by atoms with van der Waals surface area (Å²) in [6.45, 7) is 7.03. The van der Waals surface area contributed by atoms with Crippen LogP contribution in [0.5, 0.6) is 5.75 Å². The molecular formula is C32H29N3O2. The first-order valence-corrected chi connectivity index (χ1v) is 12.5. The summed E-state index contributed by atoms with van der Waals surface area (Å²) in [4.78, 5) is 23.1. The van der Waals surface area contributed by atoms with Crippen LogP contribution in [-0.4, -0.2) is 22.5 Å². The first-order chi connectivity index (χ1) is 18.0. The summed E-state index contributed by atoms with van der Waals surface area (Å²) >= 11 is 0. The maximum Gasteiger partial charge on any atom is 0.251 e. The van der Waals surface area contributed by atoms with E-state index in [-0.39, 0.29) is 5.91 Å². The third kappa shape index (κ3) is 5.36. The number of amides is 1. The Balaban J connectivity index is 1.52. The average Bonchev–Trinajstić information content (AvgIpc) is 2.91. The molecule has 1 heterocycles. The summed E-state index contributed by atoms with van der Waals surface area (Å²) in [5, 5.41) is 3.01. The van der Waals surface area contributed by atoms with Gasteiger partial charge in [-0.15, -0.1) is 0 Å². The highest BCUT2D eigenvalue weighted by atomic mass is 16.5. The van der Waals surface area contributed by atoms with E-state index in [9.17, 15) is 4.79 Å². The van der Waals surface area contributed by atoms with Gasteiger partial charge in [0.25, 0.3) is 5.91 Å². The standard InChI is InChI=1S/C32H29N3O2/c1-4-37-29-14-6-5-11-26(29)20-33-32(36)25-15-16-27-28(19-25)35-31(24-13-8-10-22(3)18-24)30(34-27)23-12-7-9-21(2)17-23/h5-19H,4,20H2,1-3H3,(H,33,36). The lowest BCUT2D eigenvalue weighted by Crippen LogP contribution is -2.23. The summed E-state index contributed by atoms with van der Waals surface area (Å²) in [5.74, 6) is 0.607. The third-order valence-electron chi connectivity index (χ3n) is 6.22. The quantitative estimate of drug-likeness (QED) is 0.271. The molecule has 5 aromatic rings. The lowest BCUT2D eigenvalue weighted by atomic mass is 10.0. The Morgan fingerprint density at radius 1 is 0.757 bits per heavy atom. The van der Waals surface area contributed by atoms with Gasteiger partial charge in [-0.05, 0) is 57.2 Å². The zero-order valence-electron chi connectivity index (χ0n) is 21.3. The van der Waals surface area contributed by atoms with Crippen molar-refractivity contribution in [2.45, 2.75) is 27.3 Å². The Kier molecular flexibility index (Phi) is 6.95. The number of aryl methyl sites for hydroxylation is 2. The molecule has 0 unspecified atom stereocenters. The normalized spacial score (nSPS) is 10.9. The number of aromatic nitrogens is 2. The van der Waals surface area contributed by atoms with E-state index in [0.29, 0.717) is 24.2 Å². The topological polar surface area (TPSA) is 64.1 Å². The van der Waals surface area contributed by atoms with Crippen molar-refractivity contribution in [3.63, 3.8) is 0 Å². The van der Waals surface area contributed by atoms with Crippen molar-refractivity contribution in [2.24, 2.45) is 0 Å². The predicted octanol–water partition coefficient (Wildman–Crippen LogP) is 6.91. The number of ether oxygens (including phenoxy) is 1. The zero-order chi connectivity index (χ0) is 25.8. The van der Waals surface area contributed by atoms with Crippen molar-refractivity contribution in [2.75, 3.05) is 6.61 Å². The monoisotopic (exact) mass is 487 g/mol. The molecule has 4 aromatic carbocycles. The van der Waals surface area contributed by atoms with E-state index < -0.39 is 0 Å². The summed E-state index contributed by atoms with van der Waals surface area (Å²) in [6.07, 6.45) is 0. The van der Waals surface area contributed by atoms with Crippen LogP contribution in [0.2, 0.25) is 0 Å². The van der Waals surface area contributed by atoms with Crippen molar-refractivity contribution in [3.05, 3.63) is 113 Å². The number of nitrogens with one attached hydrogen (secondary N) is 1. The largest absolute Gasteiger partial charge is 0.494 e. The number of carbonyl (C=O) groups excluding carboxylic acids is 1. The summed E-state index contributed by atoms with van der Waals surface area (Å²) in [7, 11) is 0. The van der Waals surface area contributed by atoms with E-state index in [1.54, 1.807) is 6.07 Å². The molecule has 5 heteroatoms. The minimum atomic E-state index is -0.171. The summed E-state index contributed by atoms with van der Waals surface area (Å²) in [5.41, 5.74) is 8.83. The summed E-state index contributed by atoms with van der Waals surface area (Å²) in [6, 6.07) is 29.8. The minimum absolute atomic E-state index is 0.171. The van der Waals surface area contributed by atoms with Crippen LogP contribution in [0.3, 0.4) is 0 Å². The number of benzene rings is 4. The van der Waals surface area contributed by atoms with Gasteiger partial charge in [-0.3, -0.25) is 4.79 Å². The maximum atomic E-state index is 13.1. The number of fused-ring (bicyclic) bond motifs is 1. The molecule has 0 fully saturated rings. The predicted molar refractivity (Wildman–Crippen MR) is 149 cm³/mol. The molecule has 1 amide bonds. The maximum absolute atomic E-state index is 13.1. The molecule has 0 aliphatic rings. The van der Waals surface area contributed by atoms with Gasteiger partial charge in [0.15, 0.2) is 0 Å². The molecular weight excluding hydrogens is 458 g/mol. The second-order valence-corrected chi connectivity index (χ2v) is 9.09. The van der Waals surface area contributed by atoms with Crippen LogP contribution in [0.1, 0.15) is 34.0 Å². The van der Waals surface area contributed by atoms with E-state index in [1.807, 2.05) is 55.5 Å². The van der Waals surface area contributed by atoms with E-state index in [1.165, 1.54) is 0 Å². The number of hydrogen-bond acceptors (Lipinski definition) is 4. The molecule has 0 radical (unpaired) electrons. The van der Waals surface area contributed by atoms with Gasteiger partial charge in [-0.25, -0.2) is 9.97 Å². The van der Waals surface area contributed by atoms with Gasteiger partial charge in [-0.2, -0.15) is 0 Å². The average molecular weight is 488 g/mol. The van der Waals surface area contributed by atoms with Gasteiger partial charge in [0, 0.05) is 28.8 Å². The van der Waals surface area contributed by atoms with Crippen LogP contribution < -0.4 is 10.1 Å². The van der Waals surface area contributed by atoms with Crippen LogP contribution in [0.25, 0.3) is 33.5 Å². The van der Waals surface area contributed by atoms with Gasteiger partial charge in [-0.1, -0.05) is 65.7 Å². The van der Waals surface area contributed by atoms with Crippen molar-refractivity contribution in [1.29, 1.82) is 0 Å². The molecule has 0 aliphatic heterocycles.